The molecule has 0 aromatic rings. The molecule has 0 aromatic heterocycles. The molecule has 12 heavy (non-hydrogen) atoms. The van der Waals surface area contributed by atoms with Gasteiger partial charge in [0, 0.05) is 17.5 Å². The molecule has 2 aliphatic rings. The second-order valence-corrected chi connectivity index (χ2v) is 6.47. The van der Waals surface area contributed by atoms with Crippen LogP contribution < -0.4 is 5.32 Å². The molecule has 0 saturated carbocycles. The van der Waals surface area contributed by atoms with Gasteiger partial charge in [-0.25, -0.2) is 0 Å². The Morgan fingerprint density at radius 3 is 2.67 bits per heavy atom. The van der Waals surface area contributed by atoms with Crippen LogP contribution in [0, 0.1) is 0 Å². The first-order chi connectivity index (χ1) is 5.95. The molecule has 1 nitrogen and oxygen atoms in total. The summed E-state index contributed by atoms with van der Waals surface area (Å²) in [5, 5.41) is 3.62. The van der Waals surface area contributed by atoms with Crippen LogP contribution in [0.5, 0.6) is 0 Å². The van der Waals surface area contributed by atoms with Crippen LogP contribution in [0.2, 0.25) is 0 Å². The number of nitrogens with one attached hydrogen (secondary N) is 1. The van der Waals surface area contributed by atoms with Gasteiger partial charge in [0.05, 0.1) is 4.58 Å². The number of rotatable bonds is 2. The minimum atomic E-state index is 0.835. The van der Waals surface area contributed by atoms with Crippen molar-refractivity contribution in [3.63, 3.8) is 0 Å². The summed E-state index contributed by atoms with van der Waals surface area (Å²) < 4.78 is 0.903. The molecule has 2 aliphatic heterocycles. The maximum absolute atomic E-state index is 3.62. The Balaban J connectivity index is 1.69. The quantitative estimate of drug-likeness (QED) is 0.740. The van der Waals surface area contributed by atoms with Crippen molar-refractivity contribution >= 4 is 23.5 Å². The van der Waals surface area contributed by atoms with Crippen molar-refractivity contribution in [2.24, 2.45) is 0 Å². The molecule has 70 valence electrons. The third-order valence-corrected chi connectivity index (χ3v) is 5.66. The summed E-state index contributed by atoms with van der Waals surface area (Å²) >= 11 is 4.32. The Morgan fingerprint density at radius 2 is 2.00 bits per heavy atom. The minimum Gasteiger partial charge on any atom is -0.314 e. The summed E-state index contributed by atoms with van der Waals surface area (Å²) in [4.78, 5) is 0. The van der Waals surface area contributed by atoms with Gasteiger partial charge in [0.15, 0.2) is 0 Å². The van der Waals surface area contributed by atoms with Crippen LogP contribution in [0.25, 0.3) is 0 Å². The van der Waals surface area contributed by atoms with Crippen LogP contribution in [0.15, 0.2) is 0 Å². The average molecular weight is 203 g/mol. The standard InChI is InChI=1S/C9H17NS2/c1-2-4-10-8(3-1)7-9-11-5-6-12-9/h8-10H,1-7H2/t8-/m0/s1. The fraction of sp³-hybridized carbons (Fsp3) is 1.00. The molecule has 2 saturated heterocycles. The number of hydrogen-bond donors (Lipinski definition) is 1. The Labute approximate surface area is 83.4 Å². The van der Waals surface area contributed by atoms with E-state index in [1.54, 1.807) is 0 Å². The number of hydrogen-bond acceptors (Lipinski definition) is 3. The Hall–Kier alpha value is 0.660. The number of thioether (sulfide) groups is 2. The fourth-order valence-electron chi connectivity index (χ4n) is 1.90. The Kier molecular flexibility index (Phi) is 3.67. The first-order valence-corrected chi connectivity index (χ1v) is 7.01. The van der Waals surface area contributed by atoms with Crippen LogP contribution in [0.3, 0.4) is 0 Å². The van der Waals surface area contributed by atoms with Crippen molar-refractivity contribution < 1.29 is 0 Å². The molecule has 0 bridgehead atoms. The second-order valence-electron chi connectivity index (χ2n) is 3.55. The summed E-state index contributed by atoms with van der Waals surface area (Å²) in [5.74, 6) is 2.75. The van der Waals surface area contributed by atoms with E-state index in [0.29, 0.717) is 0 Å². The molecular formula is C9H17NS2. The summed E-state index contributed by atoms with van der Waals surface area (Å²) in [5.41, 5.74) is 0. The minimum absolute atomic E-state index is 0.835. The van der Waals surface area contributed by atoms with Crippen LogP contribution in [-0.4, -0.2) is 28.7 Å². The third-order valence-electron chi connectivity index (χ3n) is 2.58. The van der Waals surface area contributed by atoms with Crippen LogP contribution in [-0.2, 0) is 0 Å². The lowest BCUT2D eigenvalue weighted by molar-refractivity contribution is 0.391. The second kappa shape index (κ2) is 4.77. The van der Waals surface area contributed by atoms with Gasteiger partial charge in [-0.05, 0) is 25.8 Å². The van der Waals surface area contributed by atoms with Gasteiger partial charge in [-0.1, -0.05) is 6.42 Å². The largest absolute Gasteiger partial charge is 0.314 e. The van der Waals surface area contributed by atoms with Gasteiger partial charge in [0.25, 0.3) is 0 Å². The van der Waals surface area contributed by atoms with Gasteiger partial charge < -0.3 is 5.32 Å². The predicted octanol–water partition coefficient (Wildman–Crippen LogP) is 2.32. The Bertz CT molecular complexity index is 128. The van der Waals surface area contributed by atoms with E-state index in [1.165, 1.54) is 43.7 Å². The lowest BCUT2D eigenvalue weighted by Gasteiger charge is -2.25. The molecular weight excluding hydrogens is 186 g/mol. The van der Waals surface area contributed by atoms with Crippen molar-refractivity contribution in [2.45, 2.75) is 36.3 Å². The van der Waals surface area contributed by atoms with E-state index < -0.39 is 0 Å². The van der Waals surface area contributed by atoms with Gasteiger partial charge in [0.2, 0.25) is 0 Å². The fourth-order valence-corrected chi connectivity index (χ4v) is 4.90. The summed E-state index contributed by atoms with van der Waals surface area (Å²) in [6.45, 7) is 1.26. The smallest absolute Gasteiger partial charge is 0.0517 e. The first kappa shape index (κ1) is 9.22. The first-order valence-electron chi connectivity index (χ1n) is 4.92. The highest BCUT2D eigenvalue weighted by atomic mass is 32.2. The molecule has 2 heterocycles. The molecule has 0 aromatic carbocycles. The number of piperidine rings is 1. The monoisotopic (exact) mass is 203 g/mol. The SMILES string of the molecule is C1CC[C@@H](CC2SCCS2)NC1. The topological polar surface area (TPSA) is 12.0 Å². The molecule has 2 rings (SSSR count). The molecule has 0 unspecified atom stereocenters. The van der Waals surface area contributed by atoms with Crippen molar-refractivity contribution in [1.82, 2.24) is 5.32 Å². The zero-order chi connectivity index (χ0) is 8.23. The highest BCUT2D eigenvalue weighted by molar-refractivity contribution is 8.20. The normalized spacial score (nSPS) is 32.5. The molecule has 0 amide bonds. The highest BCUT2D eigenvalue weighted by Crippen LogP contribution is 2.35. The molecule has 2 fully saturated rings. The van der Waals surface area contributed by atoms with Crippen LogP contribution in [0.4, 0.5) is 0 Å². The molecule has 0 spiro atoms. The molecule has 1 N–H and O–H groups in total. The van der Waals surface area contributed by atoms with E-state index in [9.17, 15) is 0 Å². The van der Waals surface area contributed by atoms with Crippen molar-refractivity contribution in [1.29, 1.82) is 0 Å². The maximum Gasteiger partial charge on any atom is 0.0517 e. The van der Waals surface area contributed by atoms with Crippen molar-refractivity contribution in [3.8, 4) is 0 Å². The average Bonchev–Trinajstić information content (AvgIpc) is 2.59. The molecule has 0 aliphatic carbocycles. The van der Waals surface area contributed by atoms with Crippen molar-refractivity contribution in [2.75, 3.05) is 18.1 Å². The molecule has 3 heteroatoms. The van der Waals surface area contributed by atoms with Crippen molar-refractivity contribution in [3.05, 3.63) is 0 Å². The zero-order valence-electron chi connectivity index (χ0n) is 7.42. The third kappa shape index (κ3) is 2.57. The van der Waals surface area contributed by atoms with E-state index in [2.05, 4.69) is 28.8 Å². The van der Waals surface area contributed by atoms with Gasteiger partial charge in [-0.15, -0.1) is 23.5 Å². The lowest BCUT2D eigenvalue weighted by atomic mass is 10.0. The van der Waals surface area contributed by atoms with Gasteiger partial charge in [-0.2, -0.15) is 0 Å². The van der Waals surface area contributed by atoms with Crippen LogP contribution >= 0.6 is 23.5 Å². The summed E-state index contributed by atoms with van der Waals surface area (Å²) in [7, 11) is 0. The predicted molar refractivity (Wildman–Crippen MR) is 59.0 cm³/mol. The van der Waals surface area contributed by atoms with E-state index in [4.69, 9.17) is 0 Å². The Morgan fingerprint density at radius 1 is 1.17 bits per heavy atom. The molecule has 0 radical (unpaired) electrons. The van der Waals surface area contributed by atoms with E-state index in [1.807, 2.05) is 0 Å². The molecule has 1 atom stereocenters. The van der Waals surface area contributed by atoms with E-state index >= 15 is 0 Å². The lowest BCUT2D eigenvalue weighted by Crippen LogP contribution is -2.35. The summed E-state index contributed by atoms with van der Waals surface area (Å²) in [6.07, 6.45) is 5.65. The maximum atomic E-state index is 3.62. The van der Waals surface area contributed by atoms with Gasteiger partial charge >= 0.3 is 0 Å². The van der Waals surface area contributed by atoms with E-state index in [0.717, 1.165) is 10.6 Å². The summed E-state index contributed by atoms with van der Waals surface area (Å²) in [6, 6.07) is 0.835. The van der Waals surface area contributed by atoms with E-state index in [-0.39, 0.29) is 0 Å². The zero-order valence-corrected chi connectivity index (χ0v) is 9.05. The van der Waals surface area contributed by atoms with Crippen LogP contribution in [0.1, 0.15) is 25.7 Å². The van der Waals surface area contributed by atoms with Gasteiger partial charge in [-0.3, -0.25) is 0 Å². The van der Waals surface area contributed by atoms with Gasteiger partial charge in [0.1, 0.15) is 0 Å². The highest BCUT2D eigenvalue weighted by Gasteiger charge is 2.21.